The van der Waals surface area contributed by atoms with E-state index < -0.39 is 11.4 Å². The lowest BCUT2D eigenvalue weighted by Gasteiger charge is -2.63. The topological polar surface area (TPSA) is 63.6 Å². The van der Waals surface area contributed by atoms with Crippen molar-refractivity contribution in [3.63, 3.8) is 0 Å². The van der Waals surface area contributed by atoms with Crippen LogP contribution in [0.3, 0.4) is 0 Å². The largest absolute Gasteiger partial charge is 0.481 e. The van der Waals surface area contributed by atoms with Crippen LogP contribution in [-0.4, -0.2) is 23.7 Å². The number of hydrogen-bond acceptors (Lipinski definition) is 3. The molecule has 0 aromatic heterocycles. The van der Waals surface area contributed by atoms with Crippen molar-refractivity contribution < 1.29 is 19.4 Å². The average Bonchev–Trinajstić information content (AvgIpc) is 2.89. The van der Waals surface area contributed by atoms with E-state index in [1.165, 1.54) is 38.5 Å². The molecule has 4 fully saturated rings. The number of carbonyl (C=O) groups is 2. The molecule has 0 saturated heterocycles. The van der Waals surface area contributed by atoms with Crippen molar-refractivity contribution in [3.05, 3.63) is 0 Å². The van der Waals surface area contributed by atoms with Crippen molar-refractivity contribution in [2.75, 3.05) is 6.61 Å². The second-order valence-corrected chi connectivity index (χ2v) is 11.9. The first kappa shape index (κ1) is 21.2. The zero-order valence-corrected chi connectivity index (χ0v) is 18.8. The van der Waals surface area contributed by atoms with Crippen LogP contribution in [-0.2, 0) is 14.3 Å². The highest BCUT2D eigenvalue weighted by molar-refractivity contribution is 5.75. The average molecular weight is 405 g/mol. The van der Waals surface area contributed by atoms with Gasteiger partial charge in [-0.1, -0.05) is 27.2 Å². The van der Waals surface area contributed by atoms with Crippen LogP contribution in [0.15, 0.2) is 0 Å². The minimum atomic E-state index is -0.584. The highest BCUT2D eigenvalue weighted by atomic mass is 16.5. The maximum atomic E-state index is 12.2. The molecular formula is C25H40O4. The van der Waals surface area contributed by atoms with Crippen LogP contribution in [0.2, 0.25) is 0 Å². The minimum Gasteiger partial charge on any atom is -0.481 e. The van der Waals surface area contributed by atoms with Gasteiger partial charge < -0.3 is 9.84 Å². The Morgan fingerprint density at radius 3 is 2.48 bits per heavy atom. The van der Waals surface area contributed by atoms with Gasteiger partial charge in [0.15, 0.2) is 0 Å². The molecule has 1 N–H and O–H groups in total. The molecule has 0 aromatic carbocycles. The van der Waals surface area contributed by atoms with Gasteiger partial charge in [0, 0.05) is 6.42 Å². The van der Waals surface area contributed by atoms with E-state index >= 15 is 0 Å². The van der Waals surface area contributed by atoms with E-state index in [1.807, 2.05) is 6.92 Å². The molecule has 4 aliphatic rings. The molecule has 7 atom stereocenters. The van der Waals surface area contributed by atoms with Crippen molar-refractivity contribution in [1.82, 2.24) is 0 Å². The molecule has 164 valence electrons. The van der Waals surface area contributed by atoms with Crippen LogP contribution in [0.25, 0.3) is 0 Å². The van der Waals surface area contributed by atoms with E-state index in [2.05, 4.69) is 20.8 Å². The first-order valence-corrected chi connectivity index (χ1v) is 12.0. The summed E-state index contributed by atoms with van der Waals surface area (Å²) in [6.07, 6.45) is 10.7. The summed E-state index contributed by atoms with van der Waals surface area (Å²) in [4.78, 5) is 24.3. The molecule has 0 aromatic rings. The molecule has 4 heteroatoms. The van der Waals surface area contributed by atoms with Crippen LogP contribution in [0.4, 0.5) is 0 Å². The Bertz CT molecular complexity index is 672. The van der Waals surface area contributed by atoms with Crippen molar-refractivity contribution in [3.8, 4) is 0 Å². The minimum absolute atomic E-state index is 0.0457. The first-order valence-electron chi connectivity index (χ1n) is 12.0. The Balaban J connectivity index is 1.51. The number of rotatable bonds is 5. The van der Waals surface area contributed by atoms with Crippen molar-refractivity contribution >= 4 is 11.9 Å². The Kier molecular flexibility index (Phi) is 5.31. The molecule has 4 nitrogen and oxygen atoms in total. The fourth-order valence-corrected chi connectivity index (χ4v) is 8.63. The van der Waals surface area contributed by atoms with Gasteiger partial charge in [-0.15, -0.1) is 0 Å². The zero-order chi connectivity index (χ0) is 21.0. The van der Waals surface area contributed by atoms with E-state index in [-0.39, 0.29) is 11.4 Å². The standard InChI is InChI=1S/C25H40O4/c1-16(2)12-21(26)29-15-18-14-25-11-8-19-23(3,20(25)7-6-17(18)13-25)9-5-10-24(19,4)22(27)28/h16-20H,5-15H2,1-4H3,(H,27,28)/t17-,18-,19+,20+,23-,24-,25+/m1/s1. The summed E-state index contributed by atoms with van der Waals surface area (Å²) in [5.41, 5.74) is -0.0479. The fourth-order valence-electron chi connectivity index (χ4n) is 8.63. The number of hydrogen-bond donors (Lipinski definition) is 1. The second kappa shape index (κ2) is 7.27. The third kappa shape index (κ3) is 3.33. The summed E-state index contributed by atoms with van der Waals surface area (Å²) in [6, 6.07) is 0. The molecule has 0 radical (unpaired) electrons. The Morgan fingerprint density at radius 1 is 1.03 bits per heavy atom. The Labute approximate surface area is 176 Å². The molecule has 0 amide bonds. The van der Waals surface area contributed by atoms with Crippen LogP contribution < -0.4 is 0 Å². The SMILES string of the molecule is CC(C)CC(=O)OC[C@H]1C[C@@]23CC[C@H]4[C@@](C)(CCC[C@@]4(C)C(=O)O)[C@@H]2CC[C@@H]1C3. The second-order valence-electron chi connectivity index (χ2n) is 11.9. The summed E-state index contributed by atoms with van der Waals surface area (Å²) in [7, 11) is 0. The number of carbonyl (C=O) groups excluding carboxylic acids is 1. The highest BCUT2D eigenvalue weighted by Gasteiger charge is 2.65. The molecule has 29 heavy (non-hydrogen) atoms. The number of carboxylic acid groups (broad SMARTS) is 1. The quantitative estimate of drug-likeness (QED) is 0.598. The van der Waals surface area contributed by atoms with E-state index in [1.54, 1.807) is 0 Å². The van der Waals surface area contributed by atoms with Gasteiger partial charge in [-0.05, 0) is 98.7 Å². The lowest BCUT2D eigenvalue weighted by molar-refractivity contribution is -0.181. The summed E-state index contributed by atoms with van der Waals surface area (Å²) < 4.78 is 5.70. The van der Waals surface area contributed by atoms with E-state index in [4.69, 9.17) is 4.74 Å². The molecule has 4 rings (SSSR count). The molecule has 0 aliphatic heterocycles. The summed E-state index contributed by atoms with van der Waals surface area (Å²) in [6.45, 7) is 9.16. The van der Waals surface area contributed by atoms with Crippen LogP contribution in [0, 0.1) is 45.8 Å². The lowest BCUT2D eigenvalue weighted by Crippen LogP contribution is -2.58. The summed E-state index contributed by atoms with van der Waals surface area (Å²) in [5, 5.41) is 10.1. The van der Waals surface area contributed by atoms with Gasteiger partial charge in [0.25, 0.3) is 0 Å². The smallest absolute Gasteiger partial charge is 0.309 e. The van der Waals surface area contributed by atoms with E-state index in [0.29, 0.717) is 48.0 Å². The third-order valence-corrected chi connectivity index (χ3v) is 9.79. The van der Waals surface area contributed by atoms with Crippen molar-refractivity contribution in [1.29, 1.82) is 0 Å². The van der Waals surface area contributed by atoms with Crippen LogP contribution in [0.5, 0.6) is 0 Å². The third-order valence-electron chi connectivity index (χ3n) is 9.79. The number of ether oxygens (including phenoxy) is 1. The molecule has 4 saturated carbocycles. The predicted octanol–water partition coefficient (Wildman–Crippen LogP) is 5.69. The monoisotopic (exact) mass is 404 g/mol. The Morgan fingerprint density at radius 2 is 1.79 bits per heavy atom. The maximum absolute atomic E-state index is 12.2. The number of esters is 1. The molecule has 0 heterocycles. The maximum Gasteiger partial charge on any atom is 0.309 e. The van der Waals surface area contributed by atoms with Crippen molar-refractivity contribution in [2.45, 2.75) is 91.9 Å². The molecular weight excluding hydrogens is 364 g/mol. The Hall–Kier alpha value is -1.06. The van der Waals surface area contributed by atoms with Crippen LogP contribution >= 0.6 is 0 Å². The fraction of sp³-hybridized carbons (Fsp3) is 0.920. The first-order chi connectivity index (χ1) is 13.6. The molecule has 4 aliphatic carbocycles. The predicted molar refractivity (Wildman–Crippen MR) is 112 cm³/mol. The lowest BCUT2D eigenvalue weighted by atomic mass is 9.41. The summed E-state index contributed by atoms with van der Waals surface area (Å²) in [5.74, 6) is 1.85. The number of fused-ring (bicyclic) bond motifs is 3. The normalized spacial score (nSPS) is 46.1. The van der Waals surface area contributed by atoms with Gasteiger partial charge in [0.2, 0.25) is 0 Å². The van der Waals surface area contributed by atoms with Gasteiger partial charge in [-0.3, -0.25) is 9.59 Å². The highest BCUT2D eigenvalue weighted by Crippen LogP contribution is 2.72. The van der Waals surface area contributed by atoms with Gasteiger partial charge in [-0.2, -0.15) is 0 Å². The van der Waals surface area contributed by atoms with Gasteiger partial charge in [0.05, 0.1) is 12.0 Å². The van der Waals surface area contributed by atoms with E-state index in [0.717, 1.165) is 19.3 Å². The molecule has 1 spiro atoms. The van der Waals surface area contributed by atoms with Gasteiger partial charge in [-0.25, -0.2) is 0 Å². The van der Waals surface area contributed by atoms with Crippen molar-refractivity contribution in [2.24, 2.45) is 45.8 Å². The van der Waals surface area contributed by atoms with E-state index in [9.17, 15) is 14.7 Å². The molecule has 2 bridgehead atoms. The number of carboxylic acids is 1. The zero-order valence-electron chi connectivity index (χ0n) is 18.8. The summed E-state index contributed by atoms with van der Waals surface area (Å²) >= 11 is 0. The van der Waals surface area contributed by atoms with Gasteiger partial charge >= 0.3 is 11.9 Å². The molecule has 0 unspecified atom stereocenters. The van der Waals surface area contributed by atoms with Gasteiger partial charge in [0.1, 0.15) is 0 Å². The van der Waals surface area contributed by atoms with Crippen LogP contribution in [0.1, 0.15) is 91.9 Å². The number of aliphatic carboxylic acids is 1.